The zero-order chi connectivity index (χ0) is 32.5. The van der Waals surface area contributed by atoms with E-state index >= 15 is 0 Å². The van der Waals surface area contributed by atoms with E-state index in [0.717, 1.165) is 27.9 Å². The van der Waals surface area contributed by atoms with Crippen LogP contribution >= 0.6 is 11.8 Å². The van der Waals surface area contributed by atoms with Gasteiger partial charge in [0, 0.05) is 23.8 Å². The molecule has 4 atom stereocenters. The van der Waals surface area contributed by atoms with Crippen LogP contribution in [0.2, 0.25) is 0 Å². The fourth-order valence-electron chi connectivity index (χ4n) is 4.89. The molecule has 242 valence electrons. The lowest BCUT2D eigenvalue weighted by atomic mass is 9.91. The number of thioether (sulfide) groups is 1. The molecular weight excluding hydrogens is 612 g/mol. The monoisotopic (exact) mass is 648 g/mol. The Hall–Kier alpha value is -4.50. The van der Waals surface area contributed by atoms with E-state index in [1.165, 1.54) is 11.8 Å². The Morgan fingerprint density at radius 2 is 1.65 bits per heavy atom. The molecule has 1 saturated heterocycles. The summed E-state index contributed by atoms with van der Waals surface area (Å²) < 4.78 is 19.5. The van der Waals surface area contributed by atoms with Crippen LogP contribution in [0.3, 0.4) is 0 Å². The topological polar surface area (TPSA) is 170 Å². The van der Waals surface area contributed by atoms with Crippen molar-refractivity contribution < 1.29 is 34.0 Å². The number of aromatic nitrogens is 4. The molecule has 0 saturated carbocycles. The SMILES string of the molecule is CCOC(=O)CNC(=O)NCc1ccc([C@@H]2O[C@H](CSc3nnnn3-c3ccc(O)cc3)[C@H](C)[C@H](c3ccc(CO)cc3)O2)cc1. The zero-order valence-electron chi connectivity index (χ0n) is 25.4. The summed E-state index contributed by atoms with van der Waals surface area (Å²) in [6.45, 7) is 4.04. The maximum absolute atomic E-state index is 12.1. The van der Waals surface area contributed by atoms with Crippen molar-refractivity contribution in [3.8, 4) is 11.4 Å². The van der Waals surface area contributed by atoms with E-state index in [2.05, 4.69) is 33.1 Å². The first-order valence-electron chi connectivity index (χ1n) is 14.8. The number of nitrogens with zero attached hydrogens (tertiary/aromatic N) is 4. The summed E-state index contributed by atoms with van der Waals surface area (Å²) in [5.41, 5.74) is 4.16. The van der Waals surface area contributed by atoms with Gasteiger partial charge in [0.05, 0.1) is 31.1 Å². The first-order valence-corrected chi connectivity index (χ1v) is 15.8. The number of aromatic hydroxyl groups is 1. The standard InChI is InChI=1S/C32H36N6O7S/c1-3-43-28(41)17-34-31(42)33-16-21-4-10-24(11-5-21)30-44-27(20(2)29(45-30)23-8-6-22(18-39)7-9-23)19-46-32-35-36-37-38(32)25-12-14-26(40)15-13-25/h4-15,20,27,29-30,39-40H,3,16-19H2,1-2H3,(H2,33,34,42)/t20-,27+,29+,30+/m0/s1. The van der Waals surface area contributed by atoms with Gasteiger partial charge in [-0.05, 0) is 58.3 Å². The third kappa shape index (κ3) is 8.40. The van der Waals surface area contributed by atoms with Gasteiger partial charge in [0.2, 0.25) is 5.16 Å². The van der Waals surface area contributed by atoms with Crippen molar-refractivity contribution in [1.29, 1.82) is 0 Å². The Labute approximate surface area is 270 Å². The van der Waals surface area contributed by atoms with Crippen LogP contribution in [-0.4, -0.2) is 67.4 Å². The van der Waals surface area contributed by atoms with E-state index in [-0.39, 0.29) is 50.2 Å². The first-order chi connectivity index (χ1) is 22.3. The van der Waals surface area contributed by atoms with Crippen LogP contribution in [0.15, 0.2) is 78.0 Å². The Balaban J connectivity index is 1.28. The largest absolute Gasteiger partial charge is 0.508 e. The maximum Gasteiger partial charge on any atom is 0.325 e. The first kappa shape index (κ1) is 32.9. The minimum atomic E-state index is -0.674. The molecule has 4 aromatic rings. The number of hydrogen-bond acceptors (Lipinski definition) is 11. The van der Waals surface area contributed by atoms with Gasteiger partial charge in [-0.15, -0.1) is 5.10 Å². The number of phenols is 1. The van der Waals surface area contributed by atoms with Crippen molar-refractivity contribution in [2.75, 3.05) is 18.9 Å². The molecule has 0 bridgehead atoms. The van der Waals surface area contributed by atoms with E-state index < -0.39 is 18.3 Å². The van der Waals surface area contributed by atoms with Crippen molar-refractivity contribution in [2.24, 2.45) is 5.92 Å². The van der Waals surface area contributed by atoms with Crippen LogP contribution < -0.4 is 10.6 Å². The number of tetrazole rings is 1. The van der Waals surface area contributed by atoms with E-state index in [1.807, 2.05) is 48.5 Å². The van der Waals surface area contributed by atoms with Crippen LogP contribution in [0.4, 0.5) is 4.79 Å². The summed E-state index contributed by atoms with van der Waals surface area (Å²) in [6.07, 6.45) is -1.22. The summed E-state index contributed by atoms with van der Waals surface area (Å²) >= 11 is 1.46. The number of carbonyl (C=O) groups excluding carboxylic acids is 2. The third-order valence-corrected chi connectivity index (χ3v) is 8.45. The highest BCUT2D eigenvalue weighted by atomic mass is 32.2. The summed E-state index contributed by atoms with van der Waals surface area (Å²) in [7, 11) is 0. The van der Waals surface area contributed by atoms with Crippen molar-refractivity contribution in [3.63, 3.8) is 0 Å². The molecule has 2 heterocycles. The second kappa shape index (κ2) is 15.7. The molecule has 2 amide bonds. The highest BCUT2D eigenvalue weighted by molar-refractivity contribution is 7.99. The number of benzene rings is 3. The van der Waals surface area contributed by atoms with E-state index in [0.29, 0.717) is 10.9 Å². The van der Waals surface area contributed by atoms with Crippen LogP contribution in [0, 0.1) is 5.92 Å². The van der Waals surface area contributed by atoms with Crippen molar-refractivity contribution in [3.05, 3.63) is 95.1 Å². The molecule has 1 aromatic heterocycles. The zero-order valence-corrected chi connectivity index (χ0v) is 26.2. The number of carbonyl (C=O) groups is 2. The lowest BCUT2D eigenvalue weighted by Crippen LogP contribution is -2.39. The summed E-state index contributed by atoms with van der Waals surface area (Å²) in [6, 6.07) is 21.4. The summed E-state index contributed by atoms with van der Waals surface area (Å²) in [4.78, 5) is 23.5. The number of urea groups is 1. The number of ether oxygens (including phenoxy) is 3. The van der Waals surface area contributed by atoms with Gasteiger partial charge in [0.15, 0.2) is 6.29 Å². The quantitative estimate of drug-likeness (QED) is 0.130. The van der Waals surface area contributed by atoms with E-state index in [4.69, 9.17) is 14.2 Å². The van der Waals surface area contributed by atoms with Gasteiger partial charge in [-0.1, -0.05) is 67.2 Å². The lowest BCUT2D eigenvalue weighted by Gasteiger charge is -2.41. The van der Waals surface area contributed by atoms with Crippen LogP contribution in [0.5, 0.6) is 5.75 Å². The van der Waals surface area contributed by atoms with Gasteiger partial charge < -0.3 is 35.1 Å². The van der Waals surface area contributed by atoms with Gasteiger partial charge in [-0.3, -0.25) is 4.79 Å². The molecule has 3 aromatic carbocycles. The fourth-order valence-corrected chi connectivity index (χ4v) is 5.95. The van der Waals surface area contributed by atoms with Gasteiger partial charge in [-0.25, -0.2) is 4.79 Å². The van der Waals surface area contributed by atoms with Crippen molar-refractivity contribution >= 4 is 23.8 Å². The second-order valence-electron chi connectivity index (χ2n) is 10.6. The molecule has 14 heteroatoms. The Morgan fingerprint density at radius 1 is 0.957 bits per heavy atom. The highest BCUT2D eigenvalue weighted by Crippen LogP contribution is 2.43. The predicted molar refractivity (Wildman–Crippen MR) is 168 cm³/mol. The van der Waals surface area contributed by atoms with Gasteiger partial charge in [0.25, 0.3) is 0 Å². The normalized spacial score (nSPS) is 19.4. The molecule has 0 spiro atoms. The van der Waals surface area contributed by atoms with Crippen LogP contribution in [0.1, 0.15) is 48.5 Å². The summed E-state index contributed by atoms with van der Waals surface area (Å²) in [5.74, 6) is 0.144. The van der Waals surface area contributed by atoms with E-state index in [9.17, 15) is 19.8 Å². The van der Waals surface area contributed by atoms with Gasteiger partial charge in [0.1, 0.15) is 12.3 Å². The number of phenolic OH excluding ortho intramolecular Hbond substituents is 1. The van der Waals surface area contributed by atoms with Crippen molar-refractivity contribution in [2.45, 2.75) is 50.7 Å². The number of amides is 2. The average molecular weight is 649 g/mol. The molecule has 1 aliphatic rings. The summed E-state index contributed by atoms with van der Waals surface area (Å²) in [5, 5.41) is 37.1. The molecule has 4 N–H and O–H groups in total. The highest BCUT2D eigenvalue weighted by Gasteiger charge is 2.38. The molecule has 46 heavy (non-hydrogen) atoms. The minimum Gasteiger partial charge on any atom is -0.508 e. The Morgan fingerprint density at radius 3 is 2.35 bits per heavy atom. The average Bonchev–Trinajstić information content (AvgIpc) is 3.55. The van der Waals surface area contributed by atoms with Gasteiger partial charge >= 0.3 is 12.0 Å². The van der Waals surface area contributed by atoms with Gasteiger partial charge in [-0.2, -0.15) is 4.68 Å². The predicted octanol–water partition coefficient (Wildman–Crippen LogP) is 3.81. The number of aliphatic hydroxyl groups is 1. The maximum atomic E-state index is 12.1. The third-order valence-electron chi connectivity index (χ3n) is 7.44. The number of esters is 1. The number of hydrogen-bond donors (Lipinski definition) is 4. The minimum absolute atomic E-state index is 0.0432. The molecule has 0 aliphatic carbocycles. The Kier molecular flexibility index (Phi) is 11.2. The smallest absolute Gasteiger partial charge is 0.325 e. The Bertz CT molecular complexity index is 1580. The van der Waals surface area contributed by atoms with Crippen LogP contribution in [0.25, 0.3) is 5.69 Å². The fraction of sp³-hybridized carbons (Fsp3) is 0.344. The van der Waals surface area contributed by atoms with Crippen molar-refractivity contribution in [1.82, 2.24) is 30.8 Å². The molecule has 0 unspecified atom stereocenters. The second-order valence-corrected chi connectivity index (χ2v) is 11.6. The lowest BCUT2D eigenvalue weighted by molar-refractivity contribution is -0.268. The van der Waals surface area contributed by atoms with Crippen LogP contribution in [-0.2, 0) is 32.2 Å². The number of rotatable bonds is 12. The number of nitrogens with one attached hydrogen (secondary N) is 2. The molecule has 1 fully saturated rings. The molecule has 1 aliphatic heterocycles. The number of aliphatic hydroxyl groups excluding tert-OH is 1. The molecule has 0 radical (unpaired) electrons. The van der Waals surface area contributed by atoms with E-state index in [1.54, 1.807) is 35.9 Å². The molecule has 13 nitrogen and oxygen atoms in total. The molecule has 5 rings (SSSR count). The molecular formula is C32H36N6O7S.